The van der Waals surface area contributed by atoms with Crippen LogP contribution in [0.3, 0.4) is 0 Å². The van der Waals surface area contributed by atoms with E-state index in [9.17, 15) is 22.9 Å². The molecule has 0 saturated heterocycles. The molecule has 1 aromatic carbocycles. The molecule has 19 heavy (non-hydrogen) atoms. The number of halogens is 1. The lowest BCUT2D eigenvalue weighted by Gasteiger charge is -2.15. The van der Waals surface area contributed by atoms with Gasteiger partial charge in [-0.05, 0) is 13.0 Å². The number of anilines is 1. The summed E-state index contributed by atoms with van der Waals surface area (Å²) in [7, 11) is -3.17. The standard InChI is InChI=1S/C11H15FN2O4S/c1-3-19(17,18)7-8(2)13-11-5-4-9(14(15)16)6-10(11)12/h4-6,8,13H,3,7H2,1-2H3. The van der Waals surface area contributed by atoms with Gasteiger partial charge >= 0.3 is 0 Å². The molecule has 1 unspecified atom stereocenters. The largest absolute Gasteiger partial charge is 0.379 e. The van der Waals surface area contributed by atoms with Gasteiger partial charge in [0.15, 0.2) is 15.7 Å². The Hall–Kier alpha value is -1.70. The van der Waals surface area contributed by atoms with E-state index in [2.05, 4.69) is 5.32 Å². The molecule has 0 amide bonds. The van der Waals surface area contributed by atoms with Gasteiger partial charge in [-0.15, -0.1) is 0 Å². The van der Waals surface area contributed by atoms with E-state index in [-0.39, 0.29) is 22.9 Å². The smallest absolute Gasteiger partial charge is 0.272 e. The molecule has 0 fully saturated rings. The van der Waals surface area contributed by atoms with Crippen LogP contribution in [0.25, 0.3) is 0 Å². The first-order chi connectivity index (χ1) is 8.75. The number of hydrogen-bond donors (Lipinski definition) is 1. The van der Waals surface area contributed by atoms with Crippen molar-refractivity contribution in [1.29, 1.82) is 0 Å². The maximum Gasteiger partial charge on any atom is 0.272 e. The first-order valence-corrected chi connectivity index (χ1v) is 7.48. The first-order valence-electron chi connectivity index (χ1n) is 5.66. The molecule has 0 saturated carbocycles. The van der Waals surface area contributed by atoms with Crippen LogP contribution in [0, 0.1) is 15.9 Å². The van der Waals surface area contributed by atoms with Gasteiger partial charge in [-0.25, -0.2) is 12.8 Å². The van der Waals surface area contributed by atoms with Gasteiger partial charge in [0.25, 0.3) is 5.69 Å². The van der Waals surface area contributed by atoms with Crippen LogP contribution < -0.4 is 5.32 Å². The van der Waals surface area contributed by atoms with Gasteiger partial charge in [-0.2, -0.15) is 0 Å². The fourth-order valence-corrected chi connectivity index (χ4v) is 2.62. The normalized spacial score (nSPS) is 13.0. The van der Waals surface area contributed by atoms with Crippen LogP contribution in [0.2, 0.25) is 0 Å². The fraction of sp³-hybridized carbons (Fsp3) is 0.455. The SMILES string of the molecule is CCS(=O)(=O)CC(C)Nc1ccc([N+](=O)[O-])cc1F. The van der Waals surface area contributed by atoms with E-state index in [0.29, 0.717) is 0 Å². The number of nitrogens with one attached hydrogen (secondary N) is 1. The van der Waals surface area contributed by atoms with Crippen molar-refractivity contribution >= 4 is 21.2 Å². The number of benzene rings is 1. The summed E-state index contributed by atoms with van der Waals surface area (Å²) in [4.78, 5) is 9.76. The Morgan fingerprint density at radius 2 is 2.11 bits per heavy atom. The zero-order chi connectivity index (χ0) is 14.6. The third-order valence-electron chi connectivity index (χ3n) is 2.51. The van der Waals surface area contributed by atoms with Gasteiger partial charge < -0.3 is 5.32 Å². The van der Waals surface area contributed by atoms with E-state index in [1.165, 1.54) is 13.0 Å². The number of hydrogen-bond acceptors (Lipinski definition) is 5. The molecule has 0 aliphatic heterocycles. The van der Waals surface area contributed by atoms with Crippen LogP contribution in [-0.4, -0.2) is 30.9 Å². The molecule has 6 nitrogen and oxygen atoms in total. The van der Waals surface area contributed by atoms with Gasteiger partial charge in [0.1, 0.15) is 0 Å². The van der Waals surface area contributed by atoms with Gasteiger partial charge in [-0.3, -0.25) is 10.1 Å². The lowest BCUT2D eigenvalue weighted by molar-refractivity contribution is -0.385. The van der Waals surface area contributed by atoms with Crippen molar-refractivity contribution in [3.05, 3.63) is 34.1 Å². The first kappa shape index (κ1) is 15.4. The molecule has 0 aliphatic carbocycles. The molecule has 0 bridgehead atoms. The van der Waals surface area contributed by atoms with Gasteiger partial charge in [0.2, 0.25) is 0 Å². The molecule has 0 aliphatic rings. The van der Waals surface area contributed by atoms with Gasteiger partial charge in [0, 0.05) is 17.9 Å². The Kier molecular flexibility index (Phi) is 4.82. The average Bonchev–Trinajstić information content (AvgIpc) is 2.30. The molecule has 8 heteroatoms. The predicted molar refractivity (Wildman–Crippen MR) is 70.5 cm³/mol. The molecule has 0 radical (unpaired) electrons. The molecule has 0 aromatic heterocycles. The molecule has 0 spiro atoms. The minimum atomic E-state index is -3.17. The predicted octanol–water partition coefficient (Wildman–Crippen LogP) is 1.97. The lowest BCUT2D eigenvalue weighted by atomic mass is 10.2. The lowest BCUT2D eigenvalue weighted by Crippen LogP contribution is -2.27. The number of non-ortho nitro benzene ring substituents is 1. The summed E-state index contributed by atoms with van der Waals surface area (Å²) in [6.07, 6.45) is 0. The van der Waals surface area contributed by atoms with Crippen LogP contribution in [-0.2, 0) is 9.84 Å². The van der Waals surface area contributed by atoms with Gasteiger partial charge in [0.05, 0.1) is 22.4 Å². The second kappa shape index (κ2) is 5.96. The van der Waals surface area contributed by atoms with Crippen molar-refractivity contribution < 1.29 is 17.7 Å². The number of nitro groups is 1. The number of nitrogens with zero attached hydrogens (tertiary/aromatic N) is 1. The van der Waals surface area contributed by atoms with Crippen molar-refractivity contribution in [2.45, 2.75) is 19.9 Å². The zero-order valence-electron chi connectivity index (χ0n) is 10.6. The minimum Gasteiger partial charge on any atom is -0.379 e. The second-order valence-electron chi connectivity index (χ2n) is 4.17. The highest BCUT2D eigenvalue weighted by Gasteiger charge is 2.16. The van der Waals surface area contributed by atoms with Crippen molar-refractivity contribution in [2.24, 2.45) is 0 Å². The summed E-state index contributed by atoms with van der Waals surface area (Å²) in [5.41, 5.74) is -0.304. The summed E-state index contributed by atoms with van der Waals surface area (Å²) in [5, 5.41) is 13.1. The maximum absolute atomic E-state index is 13.6. The average molecular weight is 290 g/mol. The quantitative estimate of drug-likeness (QED) is 0.639. The van der Waals surface area contributed by atoms with Crippen LogP contribution in [0.4, 0.5) is 15.8 Å². The summed E-state index contributed by atoms with van der Waals surface area (Å²) >= 11 is 0. The number of rotatable bonds is 6. The molecule has 0 heterocycles. The van der Waals surface area contributed by atoms with Crippen LogP contribution >= 0.6 is 0 Å². The van der Waals surface area contributed by atoms with Gasteiger partial charge in [-0.1, -0.05) is 6.92 Å². The van der Waals surface area contributed by atoms with E-state index >= 15 is 0 Å². The highest BCUT2D eigenvalue weighted by molar-refractivity contribution is 7.91. The number of sulfone groups is 1. The van der Waals surface area contributed by atoms with Crippen LogP contribution in [0.5, 0.6) is 0 Å². The highest BCUT2D eigenvalue weighted by Crippen LogP contribution is 2.21. The summed E-state index contributed by atoms with van der Waals surface area (Å²) in [6.45, 7) is 3.14. The molecule has 1 atom stereocenters. The van der Waals surface area contributed by atoms with E-state index in [1.807, 2.05) is 0 Å². The topological polar surface area (TPSA) is 89.3 Å². The van der Waals surface area contributed by atoms with Crippen LogP contribution in [0.1, 0.15) is 13.8 Å². The number of nitro benzene ring substituents is 1. The summed E-state index contributed by atoms with van der Waals surface area (Å²) in [6, 6.07) is 2.69. The Balaban J connectivity index is 2.80. The Morgan fingerprint density at radius 3 is 2.58 bits per heavy atom. The van der Waals surface area contributed by atoms with E-state index in [1.54, 1.807) is 6.92 Å². The van der Waals surface area contributed by atoms with E-state index in [4.69, 9.17) is 0 Å². The Bertz CT molecular complexity index is 574. The molecule has 1 rings (SSSR count). The Morgan fingerprint density at radius 1 is 1.47 bits per heavy atom. The summed E-state index contributed by atoms with van der Waals surface area (Å²) < 4.78 is 36.4. The molecule has 1 N–H and O–H groups in total. The van der Waals surface area contributed by atoms with Crippen molar-refractivity contribution in [3.63, 3.8) is 0 Å². The third-order valence-corrected chi connectivity index (χ3v) is 4.40. The maximum atomic E-state index is 13.6. The monoisotopic (exact) mass is 290 g/mol. The molecular weight excluding hydrogens is 275 g/mol. The molecular formula is C11H15FN2O4S. The summed E-state index contributed by atoms with van der Waals surface area (Å²) in [5.74, 6) is -0.892. The molecule has 106 valence electrons. The van der Waals surface area contributed by atoms with Crippen molar-refractivity contribution in [3.8, 4) is 0 Å². The van der Waals surface area contributed by atoms with Crippen LogP contribution in [0.15, 0.2) is 18.2 Å². The van der Waals surface area contributed by atoms with E-state index in [0.717, 1.165) is 12.1 Å². The van der Waals surface area contributed by atoms with Crippen molar-refractivity contribution in [1.82, 2.24) is 0 Å². The van der Waals surface area contributed by atoms with E-state index < -0.39 is 26.6 Å². The Labute approximate surface area is 110 Å². The fourth-order valence-electron chi connectivity index (χ4n) is 1.54. The zero-order valence-corrected chi connectivity index (χ0v) is 11.4. The highest BCUT2D eigenvalue weighted by atomic mass is 32.2. The molecule has 1 aromatic rings. The minimum absolute atomic E-state index is 0.0156. The van der Waals surface area contributed by atoms with Crippen molar-refractivity contribution in [2.75, 3.05) is 16.8 Å². The second-order valence-corrected chi connectivity index (χ2v) is 6.56. The third kappa shape index (κ3) is 4.47.